The summed E-state index contributed by atoms with van der Waals surface area (Å²) in [5.41, 5.74) is 0.534. The zero-order valence-electron chi connectivity index (χ0n) is 11.8. The molecule has 6 nitrogen and oxygen atoms in total. The van der Waals surface area contributed by atoms with Crippen LogP contribution in [-0.4, -0.2) is 38.7 Å². The molecule has 0 aliphatic carbocycles. The number of ether oxygens (including phenoxy) is 1. The van der Waals surface area contributed by atoms with Gasteiger partial charge in [-0.15, -0.1) is 0 Å². The predicted octanol–water partition coefficient (Wildman–Crippen LogP) is 1.54. The van der Waals surface area contributed by atoms with Gasteiger partial charge in [0.2, 0.25) is 10.0 Å². The molecule has 1 aliphatic rings. The third-order valence-corrected chi connectivity index (χ3v) is 5.04. The number of hydrogen-bond acceptors (Lipinski definition) is 4. The van der Waals surface area contributed by atoms with Gasteiger partial charge in [0.05, 0.1) is 10.5 Å². The minimum Gasteiger partial charge on any atom is -0.478 e. The molecule has 1 atom stereocenters. The van der Waals surface area contributed by atoms with Crippen molar-refractivity contribution < 1.29 is 23.1 Å². The molecular weight excluding hydrogens is 294 g/mol. The lowest BCUT2D eigenvalue weighted by molar-refractivity contribution is 0.0696. The van der Waals surface area contributed by atoms with Crippen LogP contribution in [0.2, 0.25) is 0 Å². The summed E-state index contributed by atoms with van der Waals surface area (Å²) < 4.78 is 32.6. The van der Waals surface area contributed by atoms with E-state index in [0.717, 1.165) is 12.8 Å². The number of carboxylic acids is 1. The predicted molar refractivity (Wildman–Crippen MR) is 76.9 cm³/mol. The van der Waals surface area contributed by atoms with Crippen LogP contribution >= 0.6 is 0 Å². The van der Waals surface area contributed by atoms with Crippen molar-refractivity contribution >= 4 is 16.0 Å². The number of nitrogens with one attached hydrogen (secondary N) is 1. The first-order valence-electron chi connectivity index (χ1n) is 6.84. The number of aryl methyl sites for hydroxylation is 1. The molecule has 0 saturated carbocycles. The normalized spacial score (nSPS) is 20.0. The molecule has 1 fully saturated rings. The number of rotatable bonds is 4. The number of aromatic carboxylic acids is 1. The van der Waals surface area contributed by atoms with Gasteiger partial charge < -0.3 is 9.84 Å². The lowest BCUT2D eigenvalue weighted by Gasteiger charge is -2.16. The van der Waals surface area contributed by atoms with Gasteiger partial charge >= 0.3 is 5.97 Å². The summed E-state index contributed by atoms with van der Waals surface area (Å²) in [6, 6.07) is 3.96. The third-order valence-electron chi connectivity index (χ3n) is 3.52. The molecule has 1 saturated heterocycles. The maximum absolute atomic E-state index is 12.4. The highest BCUT2D eigenvalue weighted by molar-refractivity contribution is 7.89. The zero-order chi connectivity index (χ0) is 15.5. The average Bonchev–Trinajstić information content (AvgIpc) is 2.66. The maximum Gasteiger partial charge on any atom is 0.335 e. The Bertz CT molecular complexity index is 618. The zero-order valence-corrected chi connectivity index (χ0v) is 12.6. The minimum absolute atomic E-state index is 0.00192. The summed E-state index contributed by atoms with van der Waals surface area (Å²) >= 11 is 0. The van der Waals surface area contributed by atoms with Gasteiger partial charge in [-0.25, -0.2) is 17.9 Å². The second-order valence-corrected chi connectivity index (χ2v) is 6.86. The molecule has 1 aromatic rings. The van der Waals surface area contributed by atoms with Gasteiger partial charge in [0.1, 0.15) is 0 Å². The van der Waals surface area contributed by atoms with Crippen LogP contribution in [0.3, 0.4) is 0 Å². The Hall–Kier alpha value is -1.44. The van der Waals surface area contributed by atoms with E-state index in [1.54, 1.807) is 6.92 Å². The third kappa shape index (κ3) is 4.03. The molecule has 2 N–H and O–H groups in total. The molecule has 1 heterocycles. The lowest BCUT2D eigenvalue weighted by atomic mass is 10.1. The molecule has 0 radical (unpaired) electrons. The fourth-order valence-corrected chi connectivity index (χ4v) is 3.64. The summed E-state index contributed by atoms with van der Waals surface area (Å²) in [4.78, 5) is 11.1. The largest absolute Gasteiger partial charge is 0.478 e. The second-order valence-electron chi connectivity index (χ2n) is 5.14. The van der Waals surface area contributed by atoms with Crippen LogP contribution in [0.4, 0.5) is 0 Å². The van der Waals surface area contributed by atoms with Gasteiger partial charge in [0, 0.05) is 19.3 Å². The molecule has 0 spiro atoms. The molecule has 21 heavy (non-hydrogen) atoms. The van der Waals surface area contributed by atoms with Crippen molar-refractivity contribution in [2.45, 2.75) is 37.1 Å². The minimum atomic E-state index is -3.72. The van der Waals surface area contributed by atoms with E-state index in [1.165, 1.54) is 18.2 Å². The Morgan fingerprint density at radius 1 is 1.33 bits per heavy atom. The molecule has 0 bridgehead atoms. The first-order chi connectivity index (χ1) is 9.90. The summed E-state index contributed by atoms with van der Waals surface area (Å²) in [7, 11) is -3.72. The van der Waals surface area contributed by atoms with Crippen molar-refractivity contribution in [2.75, 3.05) is 13.2 Å². The number of sulfonamides is 1. The summed E-state index contributed by atoms with van der Waals surface area (Å²) in [5, 5.41) is 9.08. The summed E-state index contributed by atoms with van der Waals surface area (Å²) in [6.07, 6.45) is 2.15. The highest BCUT2D eigenvalue weighted by Crippen LogP contribution is 2.18. The van der Waals surface area contributed by atoms with E-state index in [0.29, 0.717) is 25.2 Å². The van der Waals surface area contributed by atoms with E-state index >= 15 is 0 Å². The molecule has 0 amide bonds. The van der Waals surface area contributed by atoms with Gasteiger partial charge in [-0.05, 0) is 43.9 Å². The van der Waals surface area contributed by atoms with E-state index < -0.39 is 16.0 Å². The molecule has 0 aromatic heterocycles. The summed E-state index contributed by atoms with van der Waals surface area (Å²) in [6.45, 7) is 2.81. The number of carboxylic acid groups (broad SMARTS) is 1. The van der Waals surface area contributed by atoms with E-state index in [1.807, 2.05) is 0 Å². The number of hydrogen-bond donors (Lipinski definition) is 2. The quantitative estimate of drug-likeness (QED) is 0.879. The standard InChI is InChI=1S/C14H19NO5S/c1-10-4-5-12(9-13(10)14(16)17)21(18,19)15-11-3-2-7-20-8-6-11/h4-5,9,11,15H,2-3,6-8H2,1H3,(H,16,17). The van der Waals surface area contributed by atoms with Crippen molar-refractivity contribution in [3.63, 3.8) is 0 Å². The summed E-state index contributed by atoms with van der Waals surface area (Å²) in [5.74, 6) is -1.13. The molecule has 2 rings (SSSR count). The Labute approximate surface area is 124 Å². The Morgan fingerprint density at radius 3 is 2.81 bits per heavy atom. The van der Waals surface area contributed by atoms with Crippen molar-refractivity contribution in [1.29, 1.82) is 0 Å². The van der Waals surface area contributed by atoms with Gasteiger partial charge in [0.15, 0.2) is 0 Å². The maximum atomic E-state index is 12.4. The molecule has 1 aromatic carbocycles. The lowest BCUT2D eigenvalue weighted by Crippen LogP contribution is -2.35. The molecule has 1 aliphatic heterocycles. The van der Waals surface area contributed by atoms with Crippen LogP contribution in [0.1, 0.15) is 35.2 Å². The van der Waals surface area contributed by atoms with Crippen molar-refractivity contribution in [1.82, 2.24) is 4.72 Å². The topological polar surface area (TPSA) is 92.7 Å². The van der Waals surface area contributed by atoms with Crippen molar-refractivity contribution in [3.8, 4) is 0 Å². The second kappa shape index (κ2) is 6.55. The SMILES string of the molecule is Cc1ccc(S(=O)(=O)NC2CCCOCC2)cc1C(=O)O. The smallest absolute Gasteiger partial charge is 0.335 e. The molecule has 1 unspecified atom stereocenters. The van der Waals surface area contributed by atoms with Crippen molar-refractivity contribution in [3.05, 3.63) is 29.3 Å². The highest BCUT2D eigenvalue weighted by atomic mass is 32.2. The Morgan fingerprint density at radius 2 is 2.10 bits per heavy atom. The highest BCUT2D eigenvalue weighted by Gasteiger charge is 2.22. The van der Waals surface area contributed by atoms with Crippen LogP contribution < -0.4 is 4.72 Å². The first kappa shape index (κ1) is 15.9. The van der Waals surface area contributed by atoms with E-state index in [-0.39, 0.29) is 16.5 Å². The average molecular weight is 313 g/mol. The van der Waals surface area contributed by atoms with Crippen LogP contribution in [0.5, 0.6) is 0 Å². The van der Waals surface area contributed by atoms with Gasteiger partial charge in [-0.1, -0.05) is 6.07 Å². The van der Waals surface area contributed by atoms with Crippen molar-refractivity contribution in [2.24, 2.45) is 0 Å². The van der Waals surface area contributed by atoms with Crippen LogP contribution in [0.15, 0.2) is 23.1 Å². The Balaban J connectivity index is 2.22. The molecule has 7 heteroatoms. The van der Waals surface area contributed by atoms with Crippen LogP contribution in [0, 0.1) is 6.92 Å². The van der Waals surface area contributed by atoms with Crippen LogP contribution in [0.25, 0.3) is 0 Å². The fourth-order valence-electron chi connectivity index (χ4n) is 2.31. The van der Waals surface area contributed by atoms with E-state index in [4.69, 9.17) is 9.84 Å². The molecular formula is C14H19NO5S. The fraction of sp³-hybridized carbons (Fsp3) is 0.500. The first-order valence-corrected chi connectivity index (χ1v) is 8.32. The van der Waals surface area contributed by atoms with E-state index in [2.05, 4.69) is 4.72 Å². The van der Waals surface area contributed by atoms with Crippen LogP contribution in [-0.2, 0) is 14.8 Å². The van der Waals surface area contributed by atoms with Gasteiger partial charge in [-0.3, -0.25) is 0 Å². The van der Waals surface area contributed by atoms with Gasteiger partial charge in [0.25, 0.3) is 0 Å². The van der Waals surface area contributed by atoms with Gasteiger partial charge in [-0.2, -0.15) is 0 Å². The Kier molecular flexibility index (Phi) is 4.97. The molecule has 116 valence electrons. The van der Waals surface area contributed by atoms with E-state index in [9.17, 15) is 13.2 Å². The number of carbonyl (C=O) groups is 1. The monoisotopic (exact) mass is 313 g/mol. The number of benzene rings is 1.